The molecule has 1 N–H and O–H groups in total. The zero-order valence-electron chi connectivity index (χ0n) is 13.7. The van der Waals surface area contributed by atoms with Crippen LogP contribution in [0.25, 0.3) is 11.1 Å². The monoisotopic (exact) mass is 373 g/mol. The first-order chi connectivity index (χ1) is 11.9. The topological polar surface area (TPSA) is 72.0 Å². The van der Waals surface area contributed by atoms with Crippen molar-refractivity contribution in [3.05, 3.63) is 71.1 Å². The zero-order chi connectivity index (χ0) is 18.0. The van der Waals surface area contributed by atoms with E-state index in [1.807, 2.05) is 38.1 Å². The molecule has 3 rings (SSSR count). The molecular formula is C18H16ClN3O2S. The van der Waals surface area contributed by atoms with Gasteiger partial charge in [-0.25, -0.2) is 18.4 Å². The summed E-state index contributed by atoms with van der Waals surface area (Å²) in [5.74, 6) is 0.143. The molecule has 5 nitrogen and oxygen atoms in total. The van der Waals surface area contributed by atoms with Gasteiger partial charge in [-0.15, -0.1) is 0 Å². The third-order valence-corrected chi connectivity index (χ3v) is 5.34. The fraction of sp³-hybridized carbons (Fsp3) is 0.111. The van der Waals surface area contributed by atoms with E-state index in [9.17, 15) is 8.42 Å². The summed E-state index contributed by atoms with van der Waals surface area (Å²) in [4.78, 5) is 8.21. The SMILES string of the molecule is Cc1ccc(-c2c(Cl)ncnc2NS(=O)(=O)c2ccc(C)cc2)cc1. The maximum Gasteiger partial charge on any atom is 0.263 e. The van der Waals surface area contributed by atoms with Gasteiger partial charge < -0.3 is 0 Å². The number of sulfonamides is 1. The molecule has 1 aromatic heterocycles. The molecule has 0 saturated heterocycles. The zero-order valence-corrected chi connectivity index (χ0v) is 15.3. The maximum atomic E-state index is 12.6. The Morgan fingerprint density at radius 1 is 0.880 bits per heavy atom. The summed E-state index contributed by atoms with van der Waals surface area (Å²) < 4.78 is 27.8. The van der Waals surface area contributed by atoms with E-state index in [0.717, 1.165) is 16.7 Å². The second-order valence-electron chi connectivity index (χ2n) is 5.67. The van der Waals surface area contributed by atoms with Crippen molar-refractivity contribution in [3.8, 4) is 11.1 Å². The summed E-state index contributed by atoms with van der Waals surface area (Å²) in [5.41, 5.74) is 3.24. The van der Waals surface area contributed by atoms with Crippen LogP contribution in [0.1, 0.15) is 11.1 Å². The van der Waals surface area contributed by atoms with Gasteiger partial charge >= 0.3 is 0 Å². The van der Waals surface area contributed by atoms with Crippen molar-refractivity contribution in [2.24, 2.45) is 0 Å². The molecule has 0 aliphatic rings. The predicted octanol–water partition coefficient (Wildman–Crippen LogP) is 4.21. The Morgan fingerprint density at radius 2 is 1.44 bits per heavy atom. The predicted molar refractivity (Wildman–Crippen MR) is 99.2 cm³/mol. The van der Waals surface area contributed by atoms with Gasteiger partial charge in [0.1, 0.15) is 11.5 Å². The molecule has 7 heteroatoms. The van der Waals surface area contributed by atoms with Crippen LogP contribution in [0.15, 0.2) is 59.8 Å². The second kappa shape index (κ2) is 6.82. The average molecular weight is 374 g/mol. The van der Waals surface area contributed by atoms with E-state index in [2.05, 4.69) is 14.7 Å². The number of nitrogens with one attached hydrogen (secondary N) is 1. The molecular weight excluding hydrogens is 358 g/mol. The Bertz CT molecular complexity index is 1000. The lowest BCUT2D eigenvalue weighted by molar-refractivity contribution is 0.601. The van der Waals surface area contributed by atoms with Crippen molar-refractivity contribution < 1.29 is 8.42 Å². The standard InChI is InChI=1S/C18H16ClN3O2S/c1-12-3-7-14(8-4-12)16-17(19)20-11-21-18(16)22-25(23,24)15-9-5-13(2)6-10-15/h3-11H,1-2H3,(H,20,21,22). The quantitative estimate of drug-likeness (QED) is 0.695. The van der Waals surface area contributed by atoms with Crippen LogP contribution >= 0.6 is 11.6 Å². The van der Waals surface area contributed by atoms with Gasteiger partial charge in [0.05, 0.1) is 10.5 Å². The Labute approximate surface area is 151 Å². The van der Waals surface area contributed by atoms with Gasteiger partial charge in [-0.3, -0.25) is 4.72 Å². The van der Waals surface area contributed by atoms with Gasteiger partial charge in [0, 0.05) is 0 Å². The Morgan fingerprint density at radius 3 is 2.04 bits per heavy atom. The molecule has 0 aliphatic carbocycles. The highest BCUT2D eigenvalue weighted by Crippen LogP contribution is 2.33. The molecule has 0 amide bonds. The Kier molecular flexibility index (Phi) is 4.74. The summed E-state index contributed by atoms with van der Waals surface area (Å²) >= 11 is 6.21. The van der Waals surface area contributed by atoms with E-state index in [0.29, 0.717) is 5.56 Å². The highest BCUT2D eigenvalue weighted by molar-refractivity contribution is 7.92. The fourth-order valence-electron chi connectivity index (χ4n) is 2.32. The first-order valence-corrected chi connectivity index (χ1v) is 9.40. The lowest BCUT2D eigenvalue weighted by atomic mass is 10.1. The largest absolute Gasteiger partial charge is 0.263 e. The molecule has 0 unspecified atom stereocenters. The molecule has 0 spiro atoms. The van der Waals surface area contributed by atoms with Gasteiger partial charge in [0.2, 0.25) is 0 Å². The number of halogens is 1. The molecule has 0 fully saturated rings. The van der Waals surface area contributed by atoms with Crippen LogP contribution in [0.4, 0.5) is 5.82 Å². The Balaban J connectivity index is 2.05. The smallest absolute Gasteiger partial charge is 0.263 e. The van der Waals surface area contributed by atoms with Crippen LogP contribution in [0.3, 0.4) is 0 Å². The lowest BCUT2D eigenvalue weighted by Crippen LogP contribution is -2.15. The molecule has 0 radical (unpaired) electrons. The van der Waals surface area contributed by atoms with Gasteiger partial charge in [-0.2, -0.15) is 0 Å². The summed E-state index contributed by atoms with van der Waals surface area (Å²) in [6, 6.07) is 14.1. The van der Waals surface area contributed by atoms with Crippen molar-refractivity contribution in [2.45, 2.75) is 18.7 Å². The molecule has 2 aromatic carbocycles. The minimum Gasteiger partial charge on any atom is -0.263 e. The molecule has 0 bridgehead atoms. The second-order valence-corrected chi connectivity index (χ2v) is 7.71. The first kappa shape index (κ1) is 17.4. The molecule has 1 heterocycles. The van der Waals surface area contributed by atoms with Crippen molar-refractivity contribution >= 4 is 27.4 Å². The van der Waals surface area contributed by atoms with Gasteiger partial charge in [0.15, 0.2) is 5.82 Å². The number of anilines is 1. The molecule has 0 aliphatic heterocycles. The van der Waals surface area contributed by atoms with Crippen molar-refractivity contribution in [1.82, 2.24) is 9.97 Å². The molecule has 3 aromatic rings. The van der Waals surface area contributed by atoms with Crippen molar-refractivity contribution in [3.63, 3.8) is 0 Å². The third kappa shape index (κ3) is 3.81. The van der Waals surface area contributed by atoms with E-state index >= 15 is 0 Å². The van der Waals surface area contributed by atoms with Crippen molar-refractivity contribution in [2.75, 3.05) is 4.72 Å². The number of hydrogen-bond donors (Lipinski definition) is 1. The number of nitrogens with zero attached hydrogens (tertiary/aromatic N) is 2. The van der Waals surface area contributed by atoms with Gasteiger partial charge in [-0.1, -0.05) is 59.1 Å². The summed E-state index contributed by atoms with van der Waals surface area (Å²) in [6.07, 6.45) is 1.23. The van der Waals surface area contributed by atoms with E-state index in [4.69, 9.17) is 11.6 Å². The van der Waals surface area contributed by atoms with E-state index < -0.39 is 10.0 Å². The van der Waals surface area contributed by atoms with Crippen LogP contribution in [-0.2, 0) is 10.0 Å². The number of rotatable bonds is 4. The molecule has 25 heavy (non-hydrogen) atoms. The number of aromatic nitrogens is 2. The maximum absolute atomic E-state index is 12.6. The van der Waals surface area contributed by atoms with E-state index in [1.165, 1.54) is 6.33 Å². The van der Waals surface area contributed by atoms with Crippen LogP contribution in [-0.4, -0.2) is 18.4 Å². The van der Waals surface area contributed by atoms with Gasteiger partial charge in [0.25, 0.3) is 10.0 Å². The summed E-state index contributed by atoms with van der Waals surface area (Å²) in [5, 5.41) is 0.181. The normalized spacial score (nSPS) is 11.3. The van der Waals surface area contributed by atoms with E-state index in [1.54, 1.807) is 24.3 Å². The summed E-state index contributed by atoms with van der Waals surface area (Å²) in [7, 11) is -3.78. The van der Waals surface area contributed by atoms with Crippen LogP contribution in [0.2, 0.25) is 5.15 Å². The molecule has 128 valence electrons. The summed E-state index contributed by atoms with van der Waals surface area (Å²) in [6.45, 7) is 3.86. The minimum atomic E-state index is -3.78. The Hall–Kier alpha value is -2.44. The van der Waals surface area contributed by atoms with Crippen molar-refractivity contribution in [1.29, 1.82) is 0 Å². The van der Waals surface area contributed by atoms with E-state index in [-0.39, 0.29) is 15.9 Å². The lowest BCUT2D eigenvalue weighted by Gasteiger charge is -2.13. The molecule has 0 atom stereocenters. The average Bonchev–Trinajstić information content (AvgIpc) is 2.56. The highest BCUT2D eigenvalue weighted by atomic mass is 35.5. The van der Waals surface area contributed by atoms with Crippen LogP contribution in [0.5, 0.6) is 0 Å². The van der Waals surface area contributed by atoms with Crippen LogP contribution < -0.4 is 4.72 Å². The van der Waals surface area contributed by atoms with Gasteiger partial charge in [-0.05, 0) is 31.5 Å². The minimum absolute atomic E-state index is 0.143. The first-order valence-electron chi connectivity index (χ1n) is 7.54. The fourth-order valence-corrected chi connectivity index (χ4v) is 3.58. The highest BCUT2D eigenvalue weighted by Gasteiger charge is 2.19. The van der Waals surface area contributed by atoms with Crippen LogP contribution in [0, 0.1) is 13.8 Å². The number of aryl methyl sites for hydroxylation is 2. The molecule has 0 saturated carbocycles. The third-order valence-electron chi connectivity index (χ3n) is 3.70. The number of hydrogen-bond acceptors (Lipinski definition) is 4. The number of benzene rings is 2.